The zero-order valence-corrected chi connectivity index (χ0v) is 7.08. The summed E-state index contributed by atoms with van der Waals surface area (Å²) in [6.07, 6.45) is 0.911. The molecule has 1 aromatic carbocycles. The van der Waals surface area contributed by atoms with E-state index in [1.807, 2.05) is 6.92 Å². The molecule has 0 radical (unpaired) electrons. The fourth-order valence-corrected chi connectivity index (χ4v) is 0.868. The van der Waals surface area contributed by atoms with Crippen molar-refractivity contribution in [3.8, 4) is 11.5 Å². The van der Waals surface area contributed by atoms with Gasteiger partial charge in [-0.2, -0.15) is 0 Å². The van der Waals surface area contributed by atoms with E-state index >= 15 is 0 Å². The Morgan fingerprint density at radius 3 is 2.92 bits per heavy atom. The maximum Gasteiger partial charge on any atom is 0.181 e. The SMILES string of the molecule is CCCOc1cccc(N)c1O. The topological polar surface area (TPSA) is 55.5 Å². The van der Waals surface area contributed by atoms with Crippen LogP contribution in [0.3, 0.4) is 0 Å². The fraction of sp³-hybridized carbons (Fsp3) is 0.333. The largest absolute Gasteiger partial charge is 0.503 e. The minimum atomic E-state index is 0.0333. The number of anilines is 1. The van der Waals surface area contributed by atoms with E-state index in [0.717, 1.165) is 6.42 Å². The van der Waals surface area contributed by atoms with E-state index in [-0.39, 0.29) is 5.75 Å². The van der Waals surface area contributed by atoms with Crippen LogP contribution in [-0.2, 0) is 0 Å². The van der Waals surface area contributed by atoms with Crippen LogP contribution >= 0.6 is 0 Å². The Hall–Kier alpha value is -1.38. The predicted octanol–water partition coefficient (Wildman–Crippen LogP) is 1.76. The number of nitrogen functional groups attached to an aromatic ring is 1. The molecule has 0 spiro atoms. The molecule has 0 bridgehead atoms. The Morgan fingerprint density at radius 1 is 1.50 bits per heavy atom. The Kier molecular flexibility index (Phi) is 2.80. The van der Waals surface area contributed by atoms with Crippen LogP contribution in [0.25, 0.3) is 0 Å². The van der Waals surface area contributed by atoms with Gasteiger partial charge in [-0.1, -0.05) is 13.0 Å². The number of phenolic OH excluding ortho intramolecular Hbond substituents is 1. The summed E-state index contributed by atoms with van der Waals surface area (Å²) in [6, 6.07) is 5.08. The molecule has 0 fully saturated rings. The molecule has 0 unspecified atom stereocenters. The molecule has 0 aliphatic carbocycles. The lowest BCUT2D eigenvalue weighted by atomic mass is 10.3. The molecule has 0 aliphatic rings. The van der Waals surface area contributed by atoms with Gasteiger partial charge in [-0.05, 0) is 18.6 Å². The summed E-state index contributed by atoms with van der Waals surface area (Å²) >= 11 is 0. The molecule has 0 atom stereocenters. The molecule has 0 aliphatic heterocycles. The van der Waals surface area contributed by atoms with Gasteiger partial charge in [0.2, 0.25) is 0 Å². The van der Waals surface area contributed by atoms with Crippen LogP contribution in [-0.4, -0.2) is 11.7 Å². The summed E-state index contributed by atoms with van der Waals surface area (Å²) in [6.45, 7) is 2.60. The van der Waals surface area contributed by atoms with Crippen molar-refractivity contribution < 1.29 is 9.84 Å². The summed E-state index contributed by atoms with van der Waals surface area (Å²) in [7, 11) is 0. The lowest BCUT2D eigenvalue weighted by Gasteiger charge is -2.07. The first-order chi connectivity index (χ1) is 5.75. The minimum absolute atomic E-state index is 0.0333. The van der Waals surface area contributed by atoms with Gasteiger partial charge in [-0.15, -0.1) is 0 Å². The van der Waals surface area contributed by atoms with E-state index in [1.54, 1.807) is 18.2 Å². The first kappa shape index (κ1) is 8.71. The van der Waals surface area contributed by atoms with Gasteiger partial charge in [0.1, 0.15) is 0 Å². The van der Waals surface area contributed by atoms with Crippen molar-refractivity contribution in [2.24, 2.45) is 0 Å². The van der Waals surface area contributed by atoms with Crippen molar-refractivity contribution in [3.05, 3.63) is 18.2 Å². The summed E-state index contributed by atoms with van der Waals surface area (Å²) in [4.78, 5) is 0. The number of phenols is 1. The molecule has 0 saturated heterocycles. The quantitative estimate of drug-likeness (QED) is 0.532. The van der Waals surface area contributed by atoms with Crippen molar-refractivity contribution in [1.29, 1.82) is 0 Å². The number of para-hydroxylation sites is 1. The number of hydrogen-bond acceptors (Lipinski definition) is 3. The molecule has 3 nitrogen and oxygen atoms in total. The Labute approximate surface area is 71.8 Å². The molecule has 0 aromatic heterocycles. The average molecular weight is 167 g/mol. The van der Waals surface area contributed by atoms with Crippen molar-refractivity contribution in [1.82, 2.24) is 0 Å². The third kappa shape index (κ3) is 1.81. The maximum atomic E-state index is 9.37. The van der Waals surface area contributed by atoms with E-state index in [4.69, 9.17) is 10.5 Å². The van der Waals surface area contributed by atoms with Crippen molar-refractivity contribution >= 4 is 5.69 Å². The van der Waals surface area contributed by atoms with Gasteiger partial charge in [0.05, 0.1) is 12.3 Å². The maximum absolute atomic E-state index is 9.37. The van der Waals surface area contributed by atoms with Crippen molar-refractivity contribution in [2.75, 3.05) is 12.3 Å². The standard InChI is InChI=1S/C9H13NO2/c1-2-6-12-8-5-3-4-7(10)9(8)11/h3-5,11H,2,6,10H2,1H3. The molecule has 12 heavy (non-hydrogen) atoms. The predicted molar refractivity (Wildman–Crippen MR) is 48.3 cm³/mol. The number of aromatic hydroxyl groups is 1. The van der Waals surface area contributed by atoms with Gasteiger partial charge in [0.25, 0.3) is 0 Å². The lowest BCUT2D eigenvalue weighted by Crippen LogP contribution is -1.96. The van der Waals surface area contributed by atoms with Crippen molar-refractivity contribution in [2.45, 2.75) is 13.3 Å². The summed E-state index contributed by atoms with van der Waals surface area (Å²) in [5.41, 5.74) is 5.81. The van der Waals surface area contributed by atoms with Gasteiger partial charge in [0, 0.05) is 0 Å². The fourth-order valence-electron chi connectivity index (χ4n) is 0.868. The third-order valence-electron chi connectivity index (χ3n) is 1.49. The molecular weight excluding hydrogens is 154 g/mol. The third-order valence-corrected chi connectivity index (χ3v) is 1.49. The molecular formula is C9H13NO2. The Bertz CT molecular complexity index is 261. The van der Waals surface area contributed by atoms with Gasteiger partial charge in [-0.25, -0.2) is 0 Å². The summed E-state index contributed by atoms with van der Waals surface area (Å²) < 4.78 is 5.24. The summed E-state index contributed by atoms with van der Waals surface area (Å²) in [5, 5.41) is 9.37. The van der Waals surface area contributed by atoms with Crippen LogP contribution in [0, 0.1) is 0 Å². The van der Waals surface area contributed by atoms with Crippen LogP contribution in [0.4, 0.5) is 5.69 Å². The highest BCUT2D eigenvalue weighted by Gasteiger charge is 2.03. The number of hydrogen-bond donors (Lipinski definition) is 2. The second-order valence-electron chi connectivity index (χ2n) is 2.54. The molecule has 1 aromatic rings. The number of rotatable bonds is 3. The Morgan fingerprint density at radius 2 is 2.25 bits per heavy atom. The van der Waals surface area contributed by atoms with Crippen LogP contribution in [0.5, 0.6) is 11.5 Å². The molecule has 3 heteroatoms. The van der Waals surface area contributed by atoms with E-state index in [2.05, 4.69) is 0 Å². The van der Waals surface area contributed by atoms with E-state index in [1.165, 1.54) is 0 Å². The minimum Gasteiger partial charge on any atom is -0.503 e. The zero-order chi connectivity index (χ0) is 8.97. The van der Waals surface area contributed by atoms with Gasteiger partial charge >= 0.3 is 0 Å². The normalized spacial score (nSPS) is 9.75. The Balaban J connectivity index is 2.78. The van der Waals surface area contributed by atoms with Crippen LogP contribution in [0.15, 0.2) is 18.2 Å². The highest BCUT2D eigenvalue weighted by Crippen LogP contribution is 2.31. The molecule has 0 saturated carbocycles. The average Bonchev–Trinajstić information content (AvgIpc) is 2.08. The van der Waals surface area contributed by atoms with Gasteiger partial charge in [0.15, 0.2) is 11.5 Å². The van der Waals surface area contributed by atoms with Crippen LogP contribution in [0.1, 0.15) is 13.3 Å². The molecule has 66 valence electrons. The highest BCUT2D eigenvalue weighted by molar-refractivity contribution is 5.58. The second-order valence-corrected chi connectivity index (χ2v) is 2.54. The first-order valence-corrected chi connectivity index (χ1v) is 3.96. The first-order valence-electron chi connectivity index (χ1n) is 3.96. The lowest BCUT2D eigenvalue weighted by molar-refractivity contribution is 0.300. The molecule has 0 heterocycles. The molecule has 0 amide bonds. The van der Waals surface area contributed by atoms with Crippen LogP contribution < -0.4 is 10.5 Å². The summed E-state index contributed by atoms with van der Waals surface area (Å²) in [5.74, 6) is 0.489. The van der Waals surface area contributed by atoms with E-state index < -0.39 is 0 Å². The number of nitrogens with two attached hydrogens (primary N) is 1. The zero-order valence-electron chi connectivity index (χ0n) is 7.08. The van der Waals surface area contributed by atoms with E-state index in [0.29, 0.717) is 18.0 Å². The second kappa shape index (κ2) is 3.85. The number of benzene rings is 1. The van der Waals surface area contributed by atoms with E-state index in [9.17, 15) is 5.11 Å². The molecule has 1 rings (SSSR count). The van der Waals surface area contributed by atoms with Crippen LogP contribution in [0.2, 0.25) is 0 Å². The molecule has 3 N–H and O–H groups in total. The van der Waals surface area contributed by atoms with Gasteiger partial charge < -0.3 is 15.6 Å². The highest BCUT2D eigenvalue weighted by atomic mass is 16.5. The number of ether oxygens (including phenoxy) is 1. The van der Waals surface area contributed by atoms with Gasteiger partial charge in [-0.3, -0.25) is 0 Å². The monoisotopic (exact) mass is 167 g/mol. The smallest absolute Gasteiger partial charge is 0.181 e. The van der Waals surface area contributed by atoms with Crippen molar-refractivity contribution in [3.63, 3.8) is 0 Å².